The molecule has 1 unspecified atom stereocenters. The summed E-state index contributed by atoms with van der Waals surface area (Å²) in [5, 5.41) is 9.54. The Morgan fingerprint density at radius 3 is 2.85 bits per heavy atom. The number of carboxylic acids is 1. The van der Waals surface area contributed by atoms with Crippen LogP contribution in [0, 0.1) is 5.41 Å². The molecule has 1 amide bonds. The zero-order valence-electron chi connectivity index (χ0n) is 15.1. The Kier molecular flexibility index (Phi) is 5.71. The predicted molar refractivity (Wildman–Crippen MR) is 97.5 cm³/mol. The number of ether oxygens (including phenoxy) is 2. The van der Waals surface area contributed by atoms with Crippen LogP contribution < -0.4 is 4.74 Å². The van der Waals surface area contributed by atoms with Gasteiger partial charge in [-0.15, -0.1) is 0 Å². The van der Waals surface area contributed by atoms with E-state index in [2.05, 4.69) is 4.98 Å². The van der Waals surface area contributed by atoms with Crippen LogP contribution in [0.2, 0.25) is 0 Å². The maximum absolute atomic E-state index is 12.8. The first-order chi connectivity index (χ1) is 13.0. The normalized spacial score (nSPS) is 19.1. The van der Waals surface area contributed by atoms with E-state index in [0.29, 0.717) is 30.9 Å². The van der Waals surface area contributed by atoms with Crippen molar-refractivity contribution in [1.29, 1.82) is 0 Å². The number of carboxylic acid groups (broad SMARTS) is 1. The molecule has 0 saturated carbocycles. The molecule has 1 atom stereocenters. The van der Waals surface area contributed by atoms with Gasteiger partial charge in [-0.25, -0.2) is 0 Å². The van der Waals surface area contributed by atoms with Gasteiger partial charge in [-0.3, -0.25) is 14.6 Å². The summed E-state index contributed by atoms with van der Waals surface area (Å²) < 4.78 is 10.8. The molecule has 1 saturated heterocycles. The lowest BCUT2D eigenvalue weighted by Crippen LogP contribution is -2.40. The van der Waals surface area contributed by atoms with Gasteiger partial charge in [0, 0.05) is 43.7 Å². The smallest absolute Gasteiger partial charge is 0.313 e. The zero-order chi connectivity index (χ0) is 19.3. The van der Waals surface area contributed by atoms with E-state index >= 15 is 0 Å². The van der Waals surface area contributed by atoms with E-state index in [0.717, 1.165) is 5.56 Å². The lowest BCUT2D eigenvalue weighted by atomic mass is 9.88. The molecule has 1 aliphatic heterocycles. The fraction of sp³-hybridized carbons (Fsp3) is 0.350. The highest BCUT2D eigenvalue weighted by Gasteiger charge is 2.46. The van der Waals surface area contributed by atoms with Crippen LogP contribution in [0.5, 0.6) is 5.75 Å². The number of amides is 1. The van der Waals surface area contributed by atoms with Crippen LogP contribution >= 0.6 is 0 Å². The molecule has 7 nitrogen and oxygen atoms in total. The third kappa shape index (κ3) is 4.25. The standard InChI is InChI=1S/C20H22N2O5/c1-26-14-20(19(24)25)7-9-22(13-20)18(23)16-5-2-6-17(10-16)27-12-15-4-3-8-21-11-15/h2-6,8,10-11H,7,9,12-14H2,1H3,(H,24,25). The van der Waals surface area contributed by atoms with Crippen molar-refractivity contribution in [3.05, 3.63) is 59.9 Å². The van der Waals surface area contributed by atoms with E-state index in [1.165, 1.54) is 7.11 Å². The Bertz CT molecular complexity index is 811. The van der Waals surface area contributed by atoms with Crippen LogP contribution in [0.3, 0.4) is 0 Å². The molecular formula is C20H22N2O5. The molecule has 142 valence electrons. The summed E-state index contributed by atoms with van der Waals surface area (Å²) in [6.45, 7) is 0.955. The lowest BCUT2D eigenvalue weighted by Gasteiger charge is -2.24. The maximum Gasteiger partial charge on any atom is 0.313 e. The number of methoxy groups -OCH3 is 1. The first-order valence-corrected chi connectivity index (χ1v) is 8.67. The van der Waals surface area contributed by atoms with Gasteiger partial charge < -0.3 is 19.5 Å². The minimum atomic E-state index is -1.04. The van der Waals surface area contributed by atoms with Crippen molar-refractivity contribution in [3.8, 4) is 5.75 Å². The second kappa shape index (κ2) is 8.18. The molecule has 2 heterocycles. The number of hydrogen-bond acceptors (Lipinski definition) is 5. The van der Waals surface area contributed by atoms with Crippen molar-refractivity contribution in [2.45, 2.75) is 13.0 Å². The van der Waals surface area contributed by atoms with Crippen molar-refractivity contribution in [1.82, 2.24) is 9.88 Å². The van der Waals surface area contributed by atoms with Crippen molar-refractivity contribution in [2.24, 2.45) is 5.41 Å². The molecule has 0 aliphatic carbocycles. The van der Waals surface area contributed by atoms with Gasteiger partial charge in [0.25, 0.3) is 5.91 Å². The third-order valence-corrected chi connectivity index (χ3v) is 4.72. The summed E-state index contributed by atoms with van der Waals surface area (Å²) in [6.07, 6.45) is 3.79. The number of rotatable bonds is 7. The number of aliphatic carboxylic acids is 1. The molecule has 1 aromatic heterocycles. The molecule has 1 aromatic carbocycles. The van der Waals surface area contributed by atoms with E-state index in [4.69, 9.17) is 9.47 Å². The molecule has 1 N–H and O–H groups in total. The third-order valence-electron chi connectivity index (χ3n) is 4.72. The molecule has 0 spiro atoms. The van der Waals surface area contributed by atoms with Crippen LogP contribution in [-0.2, 0) is 16.1 Å². The summed E-state index contributed by atoms with van der Waals surface area (Å²) in [5.74, 6) is -0.570. The average Bonchev–Trinajstić information content (AvgIpc) is 3.13. The summed E-state index contributed by atoms with van der Waals surface area (Å²) in [5.41, 5.74) is 0.357. The highest BCUT2D eigenvalue weighted by Crippen LogP contribution is 2.32. The Balaban J connectivity index is 1.68. The number of likely N-dealkylation sites (tertiary alicyclic amines) is 1. The zero-order valence-corrected chi connectivity index (χ0v) is 15.1. The van der Waals surface area contributed by atoms with Crippen LogP contribution in [-0.4, -0.2) is 53.7 Å². The van der Waals surface area contributed by atoms with Crippen molar-refractivity contribution >= 4 is 11.9 Å². The minimum Gasteiger partial charge on any atom is -0.489 e. The van der Waals surface area contributed by atoms with Crippen molar-refractivity contribution in [2.75, 3.05) is 26.8 Å². The van der Waals surface area contributed by atoms with Crippen LogP contribution in [0.4, 0.5) is 0 Å². The van der Waals surface area contributed by atoms with Gasteiger partial charge >= 0.3 is 5.97 Å². The molecule has 7 heteroatoms. The van der Waals surface area contributed by atoms with Crippen LogP contribution in [0.25, 0.3) is 0 Å². The minimum absolute atomic E-state index is 0.0837. The topological polar surface area (TPSA) is 89.0 Å². The van der Waals surface area contributed by atoms with Gasteiger partial charge in [-0.05, 0) is 30.7 Å². The number of aromatic nitrogens is 1. The Morgan fingerprint density at radius 1 is 1.30 bits per heavy atom. The van der Waals surface area contributed by atoms with Crippen LogP contribution in [0.1, 0.15) is 22.3 Å². The van der Waals surface area contributed by atoms with Gasteiger partial charge in [0.05, 0.1) is 6.61 Å². The summed E-state index contributed by atoms with van der Waals surface area (Å²) >= 11 is 0. The van der Waals surface area contributed by atoms with E-state index in [-0.39, 0.29) is 19.1 Å². The number of nitrogens with zero attached hydrogens (tertiary/aromatic N) is 2. The van der Waals surface area contributed by atoms with Gasteiger partial charge in [-0.1, -0.05) is 12.1 Å². The predicted octanol–water partition coefficient (Wildman–Crippen LogP) is 2.22. The second-order valence-corrected chi connectivity index (χ2v) is 6.67. The van der Waals surface area contributed by atoms with E-state index in [1.807, 2.05) is 12.1 Å². The molecule has 27 heavy (non-hydrogen) atoms. The first-order valence-electron chi connectivity index (χ1n) is 8.67. The summed E-state index contributed by atoms with van der Waals surface area (Å²) in [4.78, 5) is 30.1. The van der Waals surface area contributed by atoms with Gasteiger partial charge in [0.15, 0.2) is 0 Å². The monoisotopic (exact) mass is 370 g/mol. The van der Waals surface area contributed by atoms with Gasteiger partial charge in [0.1, 0.15) is 17.8 Å². The first kappa shape index (κ1) is 18.8. The highest BCUT2D eigenvalue weighted by molar-refractivity contribution is 5.95. The largest absolute Gasteiger partial charge is 0.489 e. The van der Waals surface area contributed by atoms with E-state index < -0.39 is 11.4 Å². The molecular weight excluding hydrogens is 348 g/mol. The van der Waals surface area contributed by atoms with Gasteiger partial charge in [0.2, 0.25) is 0 Å². The molecule has 0 radical (unpaired) electrons. The molecule has 0 bridgehead atoms. The van der Waals surface area contributed by atoms with Crippen LogP contribution in [0.15, 0.2) is 48.8 Å². The lowest BCUT2D eigenvalue weighted by molar-refractivity contribution is -0.151. The number of carbonyl (C=O) groups is 2. The number of benzene rings is 1. The Hall–Kier alpha value is -2.93. The van der Waals surface area contributed by atoms with E-state index in [1.54, 1.807) is 41.6 Å². The maximum atomic E-state index is 12.8. The molecule has 1 aliphatic rings. The number of pyridine rings is 1. The number of hydrogen-bond donors (Lipinski definition) is 1. The second-order valence-electron chi connectivity index (χ2n) is 6.67. The van der Waals surface area contributed by atoms with Gasteiger partial charge in [-0.2, -0.15) is 0 Å². The quantitative estimate of drug-likeness (QED) is 0.804. The highest BCUT2D eigenvalue weighted by atomic mass is 16.5. The summed E-state index contributed by atoms with van der Waals surface area (Å²) in [6, 6.07) is 10.7. The fourth-order valence-electron chi connectivity index (χ4n) is 3.23. The Labute approximate surface area is 157 Å². The molecule has 2 aromatic rings. The van der Waals surface area contributed by atoms with E-state index in [9.17, 15) is 14.7 Å². The summed E-state index contributed by atoms with van der Waals surface area (Å²) in [7, 11) is 1.47. The Morgan fingerprint density at radius 2 is 2.15 bits per heavy atom. The average molecular weight is 370 g/mol. The molecule has 1 fully saturated rings. The van der Waals surface area contributed by atoms with Crippen molar-refractivity contribution in [3.63, 3.8) is 0 Å². The fourth-order valence-corrected chi connectivity index (χ4v) is 3.23. The number of carbonyl (C=O) groups excluding carboxylic acids is 1. The SMILES string of the molecule is COCC1(C(=O)O)CCN(C(=O)c2cccc(OCc3cccnc3)c2)C1. The molecule has 3 rings (SSSR count). The van der Waals surface area contributed by atoms with Crippen molar-refractivity contribution < 1.29 is 24.2 Å².